The smallest absolute Gasteiger partial charge is 0.301 e. The van der Waals surface area contributed by atoms with Crippen LogP contribution in [0.15, 0.2) is 60.2 Å². The molecule has 192 valence electrons. The Labute approximate surface area is 224 Å². The van der Waals surface area contributed by atoms with Crippen LogP contribution in [0.4, 0.5) is 5.13 Å². The average Bonchev–Trinajstić information content (AvgIpc) is 3.56. The summed E-state index contributed by atoms with van der Waals surface area (Å²) in [6, 6.07) is 15.7. The minimum atomic E-state index is -0.879. The van der Waals surface area contributed by atoms with Crippen molar-refractivity contribution in [3.63, 3.8) is 0 Å². The van der Waals surface area contributed by atoms with Crippen molar-refractivity contribution in [2.24, 2.45) is 0 Å². The molecule has 6 rings (SSSR count). The molecule has 1 N–H and O–H groups in total. The van der Waals surface area contributed by atoms with Crippen LogP contribution in [0.25, 0.3) is 16.0 Å². The molecule has 2 atom stereocenters. The van der Waals surface area contributed by atoms with Crippen LogP contribution in [0.2, 0.25) is 0 Å². The van der Waals surface area contributed by atoms with E-state index in [0.29, 0.717) is 28.4 Å². The van der Waals surface area contributed by atoms with Crippen LogP contribution in [0, 0.1) is 13.8 Å². The molecule has 2 aliphatic rings. The summed E-state index contributed by atoms with van der Waals surface area (Å²) in [5, 5.41) is 11.9. The van der Waals surface area contributed by atoms with Crippen LogP contribution in [0.1, 0.15) is 40.8 Å². The predicted molar refractivity (Wildman–Crippen MR) is 147 cm³/mol. The van der Waals surface area contributed by atoms with E-state index >= 15 is 0 Å². The van der Waals surface area contributed by atoms with E-state index in [9.17, 15) is 14.7 Å². The first kappa shape index (κ1) is 24.2. The number of benzene rings is 3. The summed E-state index contributed by atoms with van der Waals surface area (Å²) in [5.74, 6) is -0.376. The Morgan fingerprint density at radius 2 is 1.95 bits per heavy atom. The lowest BCUT2D eigenvalue weighted by molar-refractivity contribution is -0.132. The van der Waals surface area contributed by atoms with Gasteiger partial charge in [0, 0.05) is 12.0 Å². The van der Waals surface area contributed by atoms with Crippen LogP contribution in [0.5, 0.6) is 11.5 Å². The highest BCUT2D eigenvalue weighted by Gasteiger charge is 2.48. The highest BCUT2D eigenvalue weighted by molar-refractivity contribution is 7.22. The molecular formula is C30H26N2O5S. The lowest BCUT2D eigenvalue weighted by Gasteiger charge is -2.23. The molecular weight excluding hydrogens is 500 g/mol. The fourth-order valence-electron chi connectivity index (χ4n) is 5.34. The molecule has 0 aliphatic carbocycles. The van der Waals surface area contributed by atoms with Crippen molar-refractivity contribution in [3.05, 3.63) is 88.0 Å². The first-order valence-electron chi connectivity index (χ1n) is 12.4. The maximum absolute atomic E-state index is 13.6. The molecule has 1 aromatic heterocycles. The molecule has 0 bridgehead atoms. The van der Waals surface area contributed by atoms with Gasteiger partial charge in [0.15, 0.2) is 5.13 Å². The Morgan fingerprint density at radius 1 is 1.13 bits per heavy atom. The standard InChI is InChI=1S/C30H26N2O5S/c1-15-10-16(2)25-23(11-15)38-30(31-25)32-26(18-6-5-7-21(14-18)36-4)24(28(34)29(32)35)27(33)19-8-9-22-20(13-19)12-17(3)37-22/h5-11,13-14,17,26,33H,12H2,1-4H3. The molecule has 7 nitrogen and oxygen atoms in total. The van der Waals surface area contributed by atoms with E-state index in [0.717, 1.165) is 32.7 Å². The molecule has 4 aromatic rings. The van der Waals surface area contributed by atoms with Crippen LogP contribution >= 0.6 is 11.3 Å². The van der Waals surface area contributed by atoms with Crippen molar-refractivity contribution in [2.45, 2.75) is 39.3 Å². The SMILES string of the molecule is COc1cccc(C2C(=C(O)c3ccc4c(c3)CC(C)O4)C(=O)C(=O)N2c2nc3c(C)cc(C)cc3s2)c1. The van der Waals surface area contributed by atoms with E-state index in [-0.39, 0.29) is 17.4 Å². The Morgan fingerprint density at radius 3 is 2.74 bits per heavy atom. The number of carbonyl (C=O) groups is 2. The molecule has 3 aromatic carbocycles. The number of rotatable bonds is 4. The monoisotopic (exact) mass is 526 g/mol. The number of aliphatic hydroxyl groups excluding tert-OH is 1. The topological polar surface area (TPSA) is 89.0 Å². The Balaban J connectivity index is 1.55. The lowest BCUT2D eigenvalue weighted by atomic mass is 9.94. The van der Waals surface area contributed by atoms with E-state index in [1.165, 1.54) is 16.2 Å². The Kier molecular flexibility index (Phi) is 5.72. The highest BCUT2D eigenvalue weighted by Crippen LogP contribution is 2.45. The number of hydrogen-bond donors (Lipinski definition) is 1. The van der Waals surface area contributed by atoms with Crippen molar-refractivity contribution in [1.29, 1.82) is 0 Å². The number of thiazole rings is 1. The van der Waals surface area contributed by atoms with Crippen LogP contribution < -0.4 is 14.4 Å². The van der Waals surface area contributed by atoms with Gasteiger partial charge < -0.3 is 14.6 Å². The number of methoxy groups -OCH3 is 1. The number of Topliss-reactive ketones (excluding diaryl/α,β-unsaturated/α-hetero) is 1. The van der Waals surface area contributed by atoms with E-state index < -0.39 is 17.7 Å². The zero-order valence-electron chi connectivity index (χ0n) is 21.4. The van der Waals surface area contributed by atoms with E-state index in [1.807, 2.05) is 45.0 Å². The third kappa shape index (κ3) is 3.83. The summed E-state index contributed by atoms with van der Waals surface area (Å²) in [5.41, 5.74) is 4.93. The van der Waals surface area contributed by atoms with Gasteiger partial charge in [-0.2, -0.15) is 0 Å². The molecule has 1 fully saturated rings. The summed E-state index contributed by atoms with van der Waals surface area (Å²) in [7, 11) is 1.56. The summed E-state index contributed by atoms with van der Waals surface area (Å²) in [4.78, 5) is 33.4. The van der Waals surface area contributed by atoms with Gasteiger partial charge in [-0.25, -0.2) is 4.98 Å². The largest absolute Gasteiger partial charge is 0.507 e. The predicted octanol–water partition coefficient (Wildman–Crippen LogP) is 5.87. The minimum absolute atomic E-state index is 0.0160. The molecule has 8 heteroatoms. The van der Waals surface area contributed by atoms with Gasteiger partial charge in [0.05, 0.1) is 28.9 Å². The fraction of sp³-hybridized carbons (Fsp3) is 0.233. The van der Waals surface area contributed by atoms with Gasteiger partial charge in [-0.1, -0.05) is 29.5 Å². The van der Waals surface area contributed by atoms with Gasteiger partial charge in [0.2, 0.25) is 0 Å². The van der Waals surface area contributed by atoms with Gasteiger partial charge in [-0.3, -0.25) is 14.5 Å². The summed E-state index contributed by atoms with van der Waals surface area (Å²) in [6.07, 6.45) is 0.741. The number of ether oxygens (including phenoxy) is 2. The van der Waals surface area contributed by atoms with Crippen LogP contribution in [-0.2, 0) is 16.0 Å². The molecule has 38 heavy (non-hydrogen) atoms. The zero-order valence-corrected chi connectivity index (χ0v) is 22.3. The second-order valence-electron chi connectivity index (χ2n) is 9.83. The molecule has 0 saturated carbocycles. The molecule has 1 saturated heterocycles. The van der Waals surface area contributed by atoms with Gasteiger partial charge >= 0.3 is 5.91 Å². The Hall–Kier alpha value is -4.17. The number of aliphatic hydroxyl groups is 1. The van der Waals surface area contributed by atoms with E-state index in [1.54, 1.807) is 37.4 Å². The number of aryl methyl sites for hydroxylation is 2. The number of ketones is 1. The van der Waals surface area contributed by atoms with Gasteiger partial charge in [0.1, 0.15) is 23.4 Å². The summed E-state index contributed by atoms with van der Waals surface area (Å²) < 4.78 is 12.2. The quantitative estimate of drug-likeness (QED) is 0.203. The normalized spacial score (nSPS) is 20.2. The second-order valence-corrected chi connectivity index (χ2v) is 10.8. The van der Waals surface area contributed by atoms with Gasteiger partial charge in [-0.15, -0.1) is 0 Å². The summed E-state index contributed by atoms with van der Waals surface area (Å²) in [6.45, 7) is 5.97. The third-order valence-corrected chi connectivity index (χ3v) is 8.05. The van der Waals surface area contributed by atoms with Crippen molar-refractivity contribution in [3.8, 4) is 11.5 Å². The van der Waals surface area contributed by atoms with Crippen molar-refractivity contribution >= 4 is 44.1 Å². The number of fused-ring (bicyclic) bond motifs is 2. The fourth-order valence-corrected chi connectivity index (χ4v) is 6.51. The first-order valence-corrected chi connectivity index (χ1v) is 13.2. The maximum Gasteiger partial charge on any atom is 0.301 e. The van der Waals surface area contributed by atoms with Crippen molar-refractivity contribution in [2.75, 3.05) is 12.0 Å². The van der Waals surface area contributed by atoms with E-state index in [4.69, 9.17) is 14.5 Å². The number of nitrogens with zero attached hydrogens (tertiary/aromatic N) is 2. The van der Waals surface area contributed by atoms with Crippen molar-refractivity contribution < 1.29 is 24.2 Å². The number of carbonyl (C=O) groups excluding carboxylic acids is 2. The number of anilines is 1. The molecule has 0 radical (unpaired) electrons. The maximum atomic E-state index is 13.6. The zero-order chi connectivity index (χ0) is 26.7. The van der Waals surface area contributed by atoms with Crippen LogP contribution in [0.3, 0.4) is 0 Å². The highest BCUT2D eigenvalue weighted by atomic mass is 32.1. The number of hydrogen-bond acceptors (Lipinski definition) is 7. The van der Waals surface area contributed by atoms with Gasteiger partial charge in [0.25, 0.3) is 5.78 Å². The van der Waals surface area contributed by atoms with Crippen LogP contribution in [-0.4, -0.2) is 35.0 Å². The van der Waals surface area contributed by atoms with Gasteiger partial charge in [-0.05, 0) is 79.4 Å². The average molecular weight is 527 g/mol. The first-order chi connectivity index (χ1) is 18.2. The molecule has 0 spiro atoms. The minimum Gasteiger partial charge on any atom is -0.507 e. The Bertz CT molecular complexity index is 1670. The second kappa shape index (κ2) is 8.99. The van der Waals surface area contributed by atoms with Crippen molar-refractivity contribution in [1.82, 2.24) is 4.98 Å². The molecule has 1 amide bonds. The number of amides is 1. The third-order valence-electron chi connectivity index (χ3n) is 7.05. The number of aromatic nitrogens is 1. The molecule has 2 aliphatic heterocycles. The van der Waals surface area contributed by atoms with E-state index in [2.05, 4.69) is 0 Å². The lowest BCUT2D eigenvalue weighted by Crippen LogP contribution is -2.29. The molecule has 3 heterocycles. The summed E-state index contributed by atoms with van der Waals surface area (Å²) >= 11 is 1.35. The molecule has 2 unspecified atom stereocenters.